The third-order valence-electron chi connectivity index (χ3n) is 3.16. The van der Waals surface area contributed by atoms with Crippen molar-refractivity contribution >= 4 is 35.1 Å². The van der Waals surface area contributed by atoms with E-state index in [0.717, 1.165) is 11.1 Å². The van der Waals surface area contributed by atoms with Crippen molar-refractivity contribution in [3.8, 4) is 11.5 Å². The fraction of sp³-hybridized carbons (Fsp3) is 0.222. The van der Waals surface area contributed by atoms with Crippen LogP contribution in [0.1, 0.15) is 18.1 Å². The molecule has 0 heterocycles. The van der Waals surface area contributed by atoms with E-state index in [2.05, 4.69) is 15.8 Å². The number of halogens is 1. The number of thiocarbonyl (C=S) groups is 1. The van der Waals surface area contributed by atoms with Crippen molar-refractivity contribution in [2.45, 2.75) is 13.5 Å². The van der Waals surface area contributed by atoms with Gasteiger partial charge in [-0.15, -0.1) is 0 Å². The summed E-state index contributed by atoms with van der Waals surface area (Å²) >= 11 is 11.0. The molecule has 0 fully saturated rings. The first-order valence-electron chi connectivity index (χ1n) is 7.77. The van der Waals surface area contributed by atoms with Gasteiger partial charge in [-0.25, -0.2) is 0 Å². The van der Waals surface area contributed by atoms with E-state index in [1.54, 1.807) is 13.3 Å². The number of nitrogens with one attached hydrogen (secondary N) is 2. The van der Waals surface area contributed by atoms with E-state index in [1.807, 2.05) is 49.4 Å². The summed E-state index contributed by atoms with van der Waals surface area (Å²) in [4.78, 5) is 0. The van der Waals surface area contributed by atoms with Crippen molar-refractivity contribution in [2.24, 2.45) is 5.10 Å². The van der Waals surface area contributed by atoms with Crippen molar-refractivity contribution in [1.29, 1.82) is 0 Å². The van der Waals surface area contributed by atoms with Gasteiger partial charge >= 0.3 is 0 Å². The highest BCUT2D eigenvalue weighted by Gasteiger charge is 2.07. The molecule has 2 rings (SSSR count). The van der Waals surface area contributed by atoms with Gasteiger partial charge in [-0.1, -0.05) is 23.7 Å². The van der Waals surface area contributed by atoms with Crippen molar-refractivity contribution in [3.63, 3.8) is 0 Å². The Labute approximate surface area is 158 Å². The molecule has 0 amide bonds. The first kappa shape index (κ1) is 19.0. The molecule has 0 spiro atoms. The summed E-state index contributed by atoms with van der Waals surface area (Å²) < 4.78 is 11.5. The molecule has 5 nitrogen and oxygen atoms in total. The molecule has 2 aromatic carbocycles. The predicted molar refractivity (Wildman–Crippen MR) is 106 cm³/mol. The van der Waals surface area contributed by atoms with Crippen LogP contribution in [0.2, 0.25) is 5.02 Å². The topological polar surface area (TPSA) is 54.9 Å². The van der Waals surface area contributed by atoms with Gasteiger partial charge in [-0.3, -0.25) is 5.43 Å². The van der Waals surface area contributed by atoms with Crippen LogP contribution in [0.15, 0.2) is 47.6 Å². The second kappa shape index (κ2) is 9.86. The summed E-state index contributed by atoms with van der Waals surface area (Å²) in [5.41, 5.74) is 4.56. The fourth-order valence-electron chi connectivity index (χ4n) is 2.00. The molecule has 132 valence electrons. The van der Waals surface area contributed by atoms with Crippen molar-refractivity contribution in [3.05, 3.63) is 58.6 Å². The van der Waals surface area contributed by atoms with Gasteiger partial charge in [0.05, 0.1) is 12.8 Å². The lowest BCUT2D eigenvalue weighted by Crippen LogP contribution is -2.28. The summed E-state index contributed by atoms with van der Waals surface area (Å²) in [6.45, 7) is 2.87. The van der Waals surface area contributed by atoms with Crippen molar-refractivity contribution in [1.82, 2.24) is 10.7 Å². The van der Waals surface area contributed by atoms with Gasteiger partial charge in [-0.2, -0.15) is 5.10 Å². The van der Waals surface area contributed by atoms with Crippen LogP contribution in [-0.2, 0) is 6.61 Å². The van der Waals surface area contributed by atoms with Gasteiger partial charge in [0.15, 0.2) is 16.6 Å². The third-order valence-corrected chi connectivity index (χ3v) is 3.69. The van der Waals surface area contributed by atoms with Crippen LogP contribution in [0, 0.1) is 0 Å². The number of hydrogen-bond donors (Lipinski definition) is 2. The largest absolute Gasteiger partial charge is 0.490 e. The van der Waals surface area contributed by atoms with E-state index >= 15 is 0 Å². The lowest BCUT2D eigenvalue weighted by Gasteiger charge is -2.13. The molecule has 2 N–H and O–H groups in total. The van der Waals surface area contributed by atoms with Crippen LogP contribution < -0.4 is 20.2 Å². The Morgan fingerprint density at radius 2 is 2.04 bits per heavy atom. The number of nitrogens with zero attached hydrogens (tertiary/aromatic N) is 1. The molecule has 25 heavy (non-hydrogen) atoms. The van der Waals surface area contributed by atoms with Gasteiger partial charge in [0.2, 0.25) is 0 Å². The van der Waals surface area contributed by atoms with Gasteiger partial charge in [0.25, 0.3) is 0 Å². The molecule has 0 aliphatic rings. The number of ether oxygens (including phenoxy) is 2. The van der Waals surface area contributed by atoms with E-state index < -0.39 is 0 Å². The highest BCUT2D eigenvalue weighted by atomic mass is 35.5. The first-order chi connectivity index (χ1) is 12.1. The maximum Gasteiger partial charge on any atom is 0.186 e. The number of rotatable bonds is 7. The zero-order valence-electron chi connectivity index (χ0n) is 14.1. The number of hydrazone groups is 1. The Balaban J connectivity index is 2.08. The molecular weight excluding hydrogens is 358 g/mol. The molecule has 2 aromatic rings. The minimum atomic E-state index is 0.409. The van der Waals surface area contributed by atoms with Gasteiger partial charge in [0.1, 0.15) is 6.61 Å². The zero-order chi connectivity index (χ0) is 18.1. The summed E-state index contributed by atoms with van der Waals surface area (Å²) in [6, 6.07) is 13.2. The van der Waals surface area contributed by atoms with Crippen LogP contribution >= 0.6 is 23.8 Å². The predicted octanol–water partition coefficient (Wildman–Crippen LogP) is 3.75. The van der Waals surface area contributed by atoms with Crippen LogP contribution in [0.5, 0.6) is 11.5 Å². The van der Waals surface area contributed by atoms with E-state index in [9.17, 15) is 0 Å². The molecule has 0 atom stereocenters. The minimum absolute atomic E-state index is 0.409. The van der Waals surface area contributed by atoms with E-state index in [1.165, 1.54) is 0 Å². The normalized spacial score (nSPS) is 10.5. The molecule has 7 heteroatoms. The molecule has 0 aliphatic carbocycles. The second-order valence-electron chi connectivity index (χ2n) is 5.01. The van der Waals surface area contributed by atoms with Gasteiger partial charge < -0.3 is 14.8 Å². The quantitative estimate of drug-likeness (QED) is 0.437. The summed E-state index contributed by atoms with van der Waals surface area (Å²) in [5, 5.41) is 7.97. The summed E-state index contributed by atoms with van der Waals surface area (Å²) in [7, 11) is 1.73. The second-order valence-corrected chi connectivity index (χ2v) is 5.85. The van der Waals surface area contributed by atoms with E-state index in [-0.39, 0.29) is 0 Å². The van der Waals surface area contributed by atoms with Crippen LogP contribution in [0.3, 0.4) is 0 Å². The SMILES string of the molecule is CCOc1cc(/C=N\NC(=S)NC)ccc1OCc1cccc(Cl)c1. The molecule has 0 aromatic heterocycles. The Hall–Kier alpha value is -2.31. The van der Waals surface area contributed by atoms with Crippen LogP contribution in [0.25, 0.3) is 0 Å². The maximum absolute atomic E-state index is 6.00. The monoisotopic (exact) mass is 377 g/mol. The Morgan fingerprint density at radius 1 is 1.20 bits per heavy atom. The summed E-state index contributed by atoms with van der Waals surface area (Å²) in [6.07, 6.45) is 1.66. The fourth-order valence-corrected chi connectivity index (χ4v) is 2.27. The molecule has 0 radical (unpaired) electrons. The molecule has 0 unspecified atom stereocenters. The van der Waals surface area contributed by atoms with Crippen molar-refractivity contribution < 1.29 is 9.47 Å². The lowest BCUT2D eigenvalue weighted by atomic mass is 10.2. The number of benzene rings is 2. The maximum atomic E-state index is 6.00. The smallest absolute Gasteiger partial charge is 0.186 e. The zero-order valence-corrected chi connectivity index (χ0v) is 15.7. The Kier molecular flexibility index (Phi) is 7.50. The van der Waals surface area contributed by atoms with Gasteiger partial charge in [0, 0.05) is 12.1 Å². The van der Waals surface area contributed by atoms with Crippen molar-refractivity contribution in [2.75, 3.05) is 13.7 Å². The first-order valence-corrected chi connectivity index (χ1v) is 8.56. The average molecular weight is 378 g/mol. The Bertz CT molecular complexity index is 753. The van der Waals surface area contributed by atoms with E-state index in [0.29, 0.717) is 34.8 Å². The molecular formula is C18H20ClN3O2S. The van der Waals surface area contributed by atoms with Gasteiger partial charge in [-0.05, 0) is 60.6 Å². The molecule has 0 saturated carbocycles. The van der Waals surface area contributed by atoms with Crippen LogP contribution in [0.4, 0.5) is 0 Å². The average Bonchev–Trinajstić information content (AvgIpc) is 2.61. The molecule has 0 bridgehead atoms. The van der Waals surface area contributed by atoms with E-state index in [4.69, 9.17) is 33.3 Å². The highest BCUT2D eigenvalue weighted by Crippen LogP contribution is 2.29. The molecule has 0 aliphatic heterocycles. The standard InChI is InChI=1S/C18H20ClN3O2S/c1-3-23-17-10-13(11-21-22-18(25)20-2)7-8-16(17)24-12-14-5-4-6-15(19)9-14/h4-11H,3,12H2,1-2H3,(H2,20,22,25)/b21-11-. The van der Waals surface area contributed by atoms with Crippen LogP contribution in [-0.4, -0.2) is 25.0 Å². The Morgan fingerprint density at radius 3 is 2.76 bits per heavy atom. The highest BCUT2D eigenvalue weighted by molar-refractivity contribution is 7.80. The lowest BCUT2D eigenvalue weighted by molar-refractivity contribution is 0.269. The number of hydrogen-bond acceptors (Lipinski definition) is 4. The minimum Gasteiger partial charge on any atom is -0.490 e. The third kappa shape index (κ3) is 6.25. The molecule has 0 saturated heterocycles. The summed E-state index contributed by atoms with van der Waals surface area (Å²) in [5.74, 6) is 1.32.